The van der Waals surface area contributed by atoms with Crippen LogP contribution in [0, 0.1) is 13.8 Å². The van der Waals surface area contributed by atoms with E-state index >= 15 is 0 Å². The molecule has 1 amide bonds. The highest BCUT2D eigenvalue weighted by Crippen LogP contribution is 2.33. The molecule has 0 unspecified atom stereocenters. The molecule has 0 aliphatic heterocycles. The smallest absolute Gasteiger partial charge is 0.324 e. The van der Waals surface area contributed by atoms with Gasteiger partial charge in [0.25, 0.3) is 5.91 Å². The predicted molar refractivity (Wildman–Crippen MR) is 143 cm³/mol. The van der Waals surface area contributed by atoms with E-state index in [4.69, 9.17) is 0 Å². The summed E-state index contributed by atoms with van der Waals surface area (Å²) in [5, 5.41) is 5.74. The Labute approximate surface area is 222 Å². The number of benzene rings is 2. The van der Waals surface area contributed by atoms with Gasteiger partial charge in [0.15, 0.2) is 0 Å². The van der Waals surface area contributed by atoms with Crippen LogP contribution < -0.4 is 10.6 Å². The third-order valence-corrected chi connectivity index (χ3v) is 6.00. The van der Waals surface area contributed by atoms with Gasteiger partial charge in [-0.05, 0) is 79.6 Å². The molecule has 39 heavy (non-hydrogen) atoms. The van der Waals surface area contributed by atoms with E-state index in [0.29, 0.717) is 17.3 Å². The number of hydrogen-bond donors (Lipinski definition) is 2. The lowest BCUT2D eigenvalue weighted by molar-refractivity contribution is -0.137. The van der Waals surface area contributed by atoms with Crippen LogP contribution >= 0.6 is 0 Å². The first kappa shape index (κ1) is 25.7. The molecule has 0 saturated heterocycles. The van der Waals surface area contributed by atoms with Gasteiger partial charge in [0, 0.05) is 59.2 Å². The first-order valence-corrected chi connectivity index (χ1v) is 12.0. The van der Waals surface area contributed by atoms with E-state index in [1.165, 1.54) is 6.07 Å². The summed E-state index contributed by atoms with van der Waals surface area (Å²) in [6.07, 6.45) is 3.78. The molecule has 0 saturated carbocycles. The number of carbonyl (C=O) groups is 1. The lowest BCUT2D eigenvalue weighted by atomic mass is 10.1. The number of amides is 1. The van der Waals surface area contributed by atoms with Crippen LogP contribution in [0.2, 0.25) is 0 Å². The number of halogens is 3. The van der Waals surface area contributed by atoms with Crippen molar-refractivity contribution in [2.24, 2.45) is 0 Å². The highest BCUT2D eigenvalue weighted by atomic mass is 19.4. The summed E-state index contributed by atoms with van der Waals surface area (Å²) < 4.78 is 42.5. The van der Waals surface area contributed by atoms with Crippen molar-refractivity contribution in [1.82, 2.24) is 19.5 Å². The zero-order valence-electron chi connectivity index (χ0n) is 21.0. The first-order chi connectivity index (χ1) is 18.7. The van der Waals surface area contributed by atoms with Crippen molar-refractivity contribution in [3.8, 4) is 16.9 Å². The van der Waals surface area contributed by atoms with Gasteiger partial charge in [-0.25, -0.2) is 9.97 Å². The van der Waals surface area contributed by atoms with Gasteiger partial charge in [-0.1, -0.05) is 6.07 Å². The molecule has 0 spiro atoms. The Morgan fingerprint density at radius 2 is 1.82 bits per heavy atom. The van der Waals surface area contributed by atoms with Crippen LogP contribution in [-0.2, 0) is 6.18 Å². The van der Waals surface area contributed by atoms with Crippen molar-refractivity contribution in [1.29, 1.82) is 0 Å². The number of aryl methyl sites for hydroxylation is 2. The van der Waals surface area contributed by atoms with E-state index < -0.39 is 17.6 Å². The molecule has 5 aromatic rings. The highest BCUT2D eigenvalue weighted by molar-refractivity contribution is 6.05. The molecular weight excluding hydrogens is 505 g/mol. The Hall–Kier alpha value is -4.99. The van der Waals surface area contributed by atoms with Crippen LogP contribution in [0.4, 0.5) is 30.5 Å². The summed E-state index contributed by atoms with van der Waals surface area (Å²) in [5.74, 6) is -0.237. The van der Waals surface area contributed by atoms with E-state index in [1.54, 1.807) is 65.9 Å². The largest absolute Gasteiger partial charge is 0.416 e. The van der Waals surface area contributed by atoms with Crippen molar-refractivity contribution in [2.75, 3.05) is 10.6 Å². The van der Waals surface area contributed by atoms with Crippen molar-refractivity contribution < 1.29 is 18.0 Å². The molecule has 0 radical (unpaired) electrons. The van der Waals surface area contributed by atoms with Crippen LogP contribution in [0.25, 0.3) is 16.9 Å². The van der Waals surface area contributed by atoms with Gasteiger partial charge >= 0.3 is 6.18 Å². The second kappa shape index (κ2) is 10.4. The van der Waals surface area contributed by atoms with E-state index in [-0.39, 0.29) is 16.9 Å². The fraction of sp³-hybridized carbons (Fsp3) is 0.103. The molecule has 196 valence electrons. The molecule has 2 aromatic carbocycles. The number of nitrogens with one attached hydrogen (secondary N) is 2. The Kier molecular flexibility index (Phi) is 6.84. The third-order valence-electron chi connectivity index (χ3n) is 6.00. The number of pyridine rings is 1. The summed E-state index contributed by atoms with van der Waals surface area (Å²) in [6, 6.07) is 15.6. The van der Waals surface area contributed by atoms with Gasteiger partial charge in [-0.15, -0.1) is 0 Å². The zero-order valence-corrected chi connectivity index (χ0v) is 21.0. The molecule has 0 aliphatic carbocycles. The maximum Gasteiger partial charge on any atom is 0.416 e. The van der Waals surface area contributed by atoms with Crippen molar-refractivity contribution in [3.05, 3.63) is 114 Å². The predicted octanol–water partition coefficient (Wildman–Crippen LogP) is 6.96. The summed E-state index contributed by atoms with van der Waals surface area (Å²) in [5.41, 5.74) is 3.50. The number of rotatable bonds is 6. The van der Waals surface area contributed by atoms with Crippen molar-refractivity contribution in [3.63, 3.8) is 0 Å². The minimum atomic E-state index is -4.58. The van der Waals surface area contributed by atoms with Crippen LogP contribution in [0.5, 0.6) is 0 Å². The third kappa shape index (κ3) is 5.96. The summed E-state index contributed by atoms with van der Waals surface area (Å²) >= 11 is 0. The maximum atomic E-state index is 13.6. The van der Waals surface area contributed by atoms with Crippen molar-refractivity contribution in [2.45, 2.75) is 20.0 Å². The molecule has 5 rings (SSSR count). The van der Waals surface area contributed by atoms with Crippen LogP contribution in [0.1, 0.15) is 27.0 Å². The molecule has 3 aromatic heterocycles. The lowest BCUT2D eigenvalue weighted by Gasteiger charge is -2.15. The van der Waals surface area contributed by atoms with Crippen LogP contribution in [-0.4, -0.2) is 25.4 Å². The number of anilines is 3. The summed E-state index contributed by atoms with van der Waals surface area (Å²) in [4.78, 5) is 26.0. The molecule has 2 N–H and O–H groups in total. The van der Waals surface area contributed by atoms with Gasteiger partial charge in [0.1, 0.15) is 0 Å². The van der Waals surface area contributed by atoms with Crippen LogP contribution in [0.3, 0.4) is 0 Å². The Bertz CT molecular complexity index is 1650. The normalized spacial score (nSPS) is 11.3. The molecule has 10 heteroatoms. The average Bonchev–Trinajstić information content (AvgIpc) is 3.36. The molecule has 3 heterocycles. The van der Waals surface area contributed by atoms with Crippen molar-refractivity contribution >= 4 is 23.2 Å². The fourth-order valence-electron chi connectivity index (χ4n) is 3.98. The number of aromatic nitrogens is 4. The minimum Gasteiger partial charge on any atom is -0.324 e. The van der Waals surface area contributed by atoms with Gasteiger partial charge < -0.3 is 15.2 Å². The zero-order chi connectivity index (χ0) is 27.6. The summed E-state index contributed by atoms with van der Waals surface area (Å²) in [7, 11) is 0. The minimum absolute atomic E-state index is 0.0266. The van der Waals surface area contributed by atoms with E-state index in [2.05, 4.69) is 25.6 Å². The second-order valence-electron chi connectivity index (χ2n) is 8.98. The lowest BCUT2D eigenvalue weighted by Crippen LogP contribution is -2.14. The standard InChI is InChI=1S/C29H23F3N6O/c1-18-8-11-38(17-18)24-14-22(29(30,31)32)13-23(15-24)35-27(39)20-6-5-19(2)26(12-20)37-28-34-10-7-25(36-28)21-4-3-9-33-16-21/h3-17H,1-2H3,(H,35,39)(H,34,36,37). The molecule has 0 fully saturated rings. The number of carbonyl (C=O) groups excluding carboxylic acids is 1. The van der Waals surface area contributed by atoms with Gasteiger partial charge in [0.2, 0.25) is 5.95 Å². The Morgan fingerprint density at radius 1 is 0.974 bits per heavy atom. The maximum absolute atomic E-state index is 13.6. The van der Waals surface area contributed by atoms with E-state index in [0.717, 1.165) is 28.8 Å². The number of hydrogen-bond acceptors (Lipinski definition) is 5. The second-order valence-corrected chi connectivity index (χ2v) is 8.98. The van der Waals surface area contributed by atoms with E-state index in [1.807, 2.05) is 26.0 Å². The highest BCUT2D eigenvalue weighted by Gasteiger charge is 2.31. The molecule has 0 bridgehead atoms. The van der Waals surface area contributed by atoms with Gasteiger partial charge in [-0.3, -0.25) is 9.78 Å². The van der Waals surface area contributed by atoms with Gasteiger partial charge in [0.05, 0.1) is 11.3 Å². The first-order valence-electron chi connectivity index (χ1n) is 12.0. The number of alkyl halides is 3. The summed E-state index contributed by atoms with van der Waals surface area (Å²) in [6.45, 7) is 3.70. The fourth-order valence-corrected chi connectivity index (χ4v) is 3.98. The molecule has 0 atom stereocenters. The SMILES string of the molecule is Cc1ccn(-c2cc(NC(=O)c3ccc(C)c(Nc4nccc(-c5cccnc5)n4)c3)cc(C(F)(F)F)c2)c1. The van der Waals surface area contributed by atoms with Gasteiger partial charge in [-0.2, -0.15) is 13.2 Å². The Balaban J connectivity index is 1.41. The molecule has 0 aliphatic rings. The van der Waals surface area contributed by atoms with E-state index in [9.17, 15) is 18.0 Å². The average molecular weight is 529 g/mol. The quantitative estimate of drug-likeness (QED) is 0.249. The topological polar surface area (TPSA) is 84.7 Å². The van der Waals surface area contributed by atoms with Crippen LogP contribution in [0.15, 0.2) is 91.6 Å². The Morgan fingerprint density at radius 3 is 2.54 bits per heavy atom. The number of nitrogens with zero attached hydrogens (tertiary/aromatic N) is 4. The molecular formula is C29H23F3N6O. The monoisotopic (exact) mass is 528 g/mol. The molecule has 7 nitrogen and oxygen atoms in total.